The molecular formula is C30H30N2O2. The fourth-order valence-corrected chi connectivity index (χ4v) is 4.48. The van der Waals surface area contributed by atoms with Crippen molar-refractivity contribution < 1.29 is 9.59 Å². The molecule has 0 unspecified atom stereocenters. The third-order valence-corrected chi connectivity index (χ3v) is 6.47. The van der Waals surface area contributed by atoms with Crippen LogP contribution >= 0.6 is 0 Å². The minimum absolute atomic E-state index is 0.138. The molecule has 0 saturated carbocycles. The van der Waals surface area contributed by atoms with E-state index in [1.54, 1.807) is 17.0 Å². The van der Waals surface area contributed by atoms with Crippen molar-refractivity contribution in [2.24, 2.45) is 0 Å². The van der Waals surface area contributed by atoms with E-state index < -0.39 is 5.54 Å². The van der Waals surface area contributed by atoms with E-state index in [1.165, 1.54) is 0 Å². The number of hydrogen-bond donors (Lipinski definition) is 1. The number of rotatable bonds is 7. The quantitative estimate of drug-likeness (QED) is 0.387. The highest BCUT2D eigenvalue weighted by atomic mass is 16.2. The molecule has 4 nitrogen and oxygen atoms in total. The Hall–Kier alpha value is -3.92. The standard InChI is InChI=1S/C30H30N2O2/c1-22(26-20-12-18-24-15-10-11-19-27(24)26)32(3)29(34)30(2,21-23-13-6-4-7-14-23)31-28(33)25-16-8-5-9-17-25/h4-20,22H,21H2,1-3H3,(H,31,33)/t22-,30-/m1/s1. The highest BCUT2D eigenvalue weighted by Crippen LogP contribution is 2.29. The lowest BCUT2D eigenvalue weighted by molar-refractivity contribution is -0.138. The van der Waals surface area contributed by atoms with E-state index in [0.29, 0.717) is 12.0 Å². The van der Waals surface area contributed by atoms with Crippen LogP contribution in [-0.4, -0.2) is 29.3 Å². The molecule has 4 aromatic rings. The molecule has 0 spiro atoms. The van der Waals surface area contributed by atoms with Crippen molar-refractivity contribution in [2.45, 2.75) is 31.8 Å². The molecule has 0 radical (unpaired) electrons. The SMILES string of the molecule is C[C@H](c1cccc2ccccc12)N(C)C(=O)[C@@](C)(Cc1ccccc1)NC(=O)c1ccccc1. The van der Waals surface area contributed by atoms with Crippen LogP contribution in [0, 0.1) is 0 Å². The predicted octanol–water partition coefficient (Wildman–Crippen LogP) is 5.79. The zero-order chi connectivity index (χ0) is 24.1. The Bertz CT molecular complexity index is 1280. The largest absolute Gasteiger partial charge is 0.338 e. The van der Waals surface area contributed by atoms with Crippen molar-refractivity contribution in [3.8, 4) is 0 Å². The summed E-state index contributed by atoms with van der Waals surface area (Å²) >= 11 is 0. The van der Waals surface area contributed by atoms with Crippen LogP contribution in [0.15, 0.2) is 103 Å². The van der Waals surface area contributed by atoms with Crippen LogP contribution in [0.25, 0.3) is 10.8 Å². The predicted molar refractivity (Wildman–Crippen MR) is 138 cm³/mol. The summed E-state index contributed by atoms with van der Waals surface area (Å²) in [6.45, 7) is 3.84. The number of benzene rings is 4. The minimum atomic E-state index is -1.12. The smallest absolute Gasteiger partial charge is 0.252 e. The van der Waals surface area contributed by atoms with E-state index in [4.69, 9.17) is 0 Å². The fourth-order valence-electron chi connectivity index (χ4n) is 4.48. The summed E-state index contributed by atoms with van der Waals surface area (Å²) in [6.07, 6.45) is 0.387. The van der Waals surface area contributed by atoms with Gasteiger partial charge in [0.15, 0.2) is 0 Å². The lowest BCUT2D eigenvalue weighted by Crippen LogP contribution is -2.58. The zero-order valence-electron chi connectivity index (χ0n) is 19.9. The van der Waals surface area contributed by atoms with Crippen molar-refractivity contribution >= 4 is 22.6 Å². The molecule has 2 atom stereocenters. The second-order valence-corrected chi connectivity index (χ2v) is 8.98. The second-order valence-electron chi connectivity index (χ2n) is 8.98. The van der Waals surface area contributed by atoms with Gasteiger partial charge in [-0.05, 0) is 47.9 Å². The molecule has 1 N–H and O–H groups in total. The third kappa shape index (κ3) is 4.86. The van der Waals surface area contributed by atoms with Gasteiger partial charge in [-0.2, -0.15) is 0 Å². The molecule has 172 valence electrons. The third-order valence-electron chi connectivity index (χ3n) is 6.47. The van der Waals surface area contributed by atoms with Gasteiger partial charge in [-0.3, -0.25) is 9.59 Å². The van der Waals surface area contributed by atoms with Crippen molar-refractivity contribution in [1.82, 2.24) is 10.2 Å². The van der Waals surface area contributed by atoms with E-state index in [1.807, 2.05) is 87.6 Å². The number of carbonyl (C=O) groups is 2. The van der Waals surface area contributed by atoms with Crippen LogP contribution in [0.2, 0.25) is 0 Å². The van der Waals surface area contributed by atoms with Gasteiger partial charge in [0.05, 0.1) is 6.04 Å². The number of likely N-dealkylation sites (N-methyl/N-ethyl adjacent to an activating group) is 1. The molecule has 0 aliphatic rings. The van der Waals surface area contributed by atoms with Crippen LogP contribution in [0.4, 0.5) is 0 Å². The number of nitrogens with one attached hydrogen (secondary N) is 1. The van der Waals surface area contributed by atoms with Crippen molar-refractivity contribution in [3.05, 3.63) is 120 Å². The Labute approximate surface area is 201 Å². The van der Waals surface area contributed by atoms with Gasteiger partial charge in [-0.15, -0.1) is 0 Å². The lowest BCUT2D eigenvalue weighted by atomic mass is 9.89. The van der Waals surface area contributed by atoms with Gasteiger partial charge in [0.25, 0.3) is 5.91 Å². The van der Waals surface area contributed by atoms with E-state index >= 15 is 0 Å². The fraction of sp³-hybridized carbons (Fsp3) is 0.200. The molecule has 0 heterocycles. The van der Waals surface area contributed by atoms with Gasteiger partial charge in [-0.25, -0.2) is 0 Å². The first kappa shape index (κ1) is 23.2. The second kappa shape index (κ2) is 9.92. The van der Waals surface area contributed by atoms with Gasteiger partial charge >= 0.3 is 0 Å². The summed E-state index contributed by atoms with van der Waals surface area (Å²) in [6, 6.07) is 33.0. The molecule has 4 rings (SSSR count). The Morgan fingerprint density at radius 1 is 0.824 bits per heavy atom. The van der Waals surface area contributed by atoms with E-state index in [-0.39, 0.29) is 17.9 Å². The van der Waals surface area contributed by atoms with Gasteiger partial charge in [0, 0.05) is 19.0 Å². The molecule has 34 heavy (non-hydrogen) atoms. The maximum Gasteiger partial charge on any atom is 0.252 e. The van der Waals surface area contributed by atoms with Crippen LogP contribution in [-0.2, 0) is 11.2 Å². The maximum atomic E-state index is 14.0. The van der Waals surface area contributed by atoms with Gasteiger partial charge in [-0.1, -0.05) is 91.0 Å². The summed E-state index contributed by atoms with van der Waals surface area (Å²) in [4.78, 5) is 28.9. The molecule has 4 heteroatoms. The highest BCUT2D eigenvalue weighted by molar-refractivity contribution is 5.99. The van der Waals surface area contributed by atoms with Crippen LogP contribution < -0.4 is 5.32 Å². The molecule has 0 bridgehead atoms. The summed E-state index contributed by atoms with van der Waals surface area (Å²) < 4.78 is 0. The number of nitrogens with zero attached hydrogens (tertiary/aromatic N) is 1. The number of hydrogen-bond acceptors (Lipinski definition) is 2. The minimum Gasteiger partial charge on any atom is -0.338 e. The molecule has 0 aromatic heterocycles. The molecule has 0 aliphatic carbocycles. The first-order chi connectivity index (χ1) is 16.4. The molecule has 2 amide bonds. The van der Waals surface area contributed by atoms with Crippen molar-refractivity contribution in [1.29, 1.82) is 0 Å². The van der Waals surface area contributed by atoms with Gasteiger partial charge in [0.1, 0.15) is 5.54 Å². The zero-order valence-corrected chi connectivity index (χ0v) is 19.9. The first-order valence-electron chi connectivity index (χ1n) is 11.6. The normalized spacial score (nSPS) is 13.6. The molecule has 4 aromatic carbocycles. The van der Waals surface area contributed by atoms with Crippen LogP contribution in [0.3, 0.4) is 0 Å². The summed E-state index contributed by atoms with van der Waals surface area (Å²) in [5.41, 5.74) is 1.46. The van der Waals surface area contributed by atoms with Crippen LogP contribution in [0.5, 0.6) is 0 Å². The number of carbonyl (C=O) groups excluding carboxylic acids is 2. The average Bonchev–Trinajstić information content (AvgIpc) is 2.88. The number of fused-ring (bicyclic) bond motifs is 1. The summed E-state index contributed by atoms with van der Waals surface area (Å²) in [5, 5.41) is 5.31. The molecule has 0 fully saturated rings. The Kier molecular flexibility index (Phi) is 6.78. The molecular weight excluding hydrogens is 420 g/mol. The lowest BCUT2D eigenvalue weighted by Gasteiger charge is -2.37. The number of amides is 2. The molecule has 0 aliphatic heterocycles. The Morgan fingerprint density at radius 3 is 2.12 bits per heavy atom. The Balaban J connectivity index is 1.66. The highest BCUT2D eigenvalue weighted by Gasteiger charge is 2.39. The van der Waals surface area contributed by atoms with Gasteiger partial charge < -0.3 is 10.2 Å². The summed E-state index contributed by atoms with van der Waals surface area (Å²) in [5.74, 6) is -0.403. The topological polar surface area (TPSA) is 49.4 Å². The first-order valence-corrected chi connectivity index (χ1v) is 11.6. The van der Waals surface area contributed by atoms with Crippen molar-refractivity contribution in [2.75, 3.05) is 7.05 Å². The van der Waals surface area contributed by atoms with E-state index in [2.05, 4.69) is 29.6 Å². The monoisotopic (exact) mass is 450 g/mol. The van der Waals surface area contributed by atoms with E-state index in [9.17, 15) is 9.59 Å². The van der Waals surface area contributed by atoms with Crippen molar-refractivity contribution in [3.63, 3.8) is 0 Å². The maximum absolute atomic E-state index is 14.0. The van der Waals surface area contributed by atoms with Gasteiger partial charge in [0.2, 0.25) is 5.91 Å². The summed E-state index contributed by atoms with van der Waals surface area (Å²) in [7, 11) is 1.81. The average molecular weight is 451 g/mol. The van der Waals surface area contributed by atoms with E-state index in [0.717, 1.165) is 21.9 Å². The van der Waals surface area contributed by atoms with Crippen LogP contribution in [0.1, 0.15) is 41.4 Å². The molecule has 0 saturated heterocycles. The Morgan fingerprint density at radius 2 is 1.41 bits per heavy atom.